The summed E-state index contributed by atoms with van der Waals surface area (Å²) >= 11 is 0. The molecule has 0 heterocycles. The second kappa shape index (κ2) is 61.0. The summed E-state index contributed by atoms with van der Waals surface area (Å²) in [5.41, 5.74) is 0. The molecule has 0 fully saturated rings. The summed E-state index contributed by atoms with van der Waals surface area (Å²) < 4.78 is 68.3. The van der Waals surface area contributed by atoms with Gasteiger partial charge in [0.2, 0.25) is 0 Å². The molecule has 3 unspecified atom stereocenters. The number of aliphatic hydroxyl groups is 1. The fraction of sp³-hybridized carbons (Fsp3) is 0.943. The highest BCUT2D eigenvalue weighted by Gasteiger charge is 2.30. The number of phosphoric acid groups is 2. The van der Waals surface area contributed by atoms with E-state index in [4.69, 9.17) is 37.0 Å². The highest BCUT2D eigenvalue weighted by atomic mass is 31.2. The zero-order valence-electron chi connectivity index (χ0n) is 57.9. The third-order valence-corrected chi connectivity index (χ3v) is 18.4. The second-order valence-electron chi connectivity index (χ2n) is 26.5. The van der Waals surface area contributed by atoms with Crippen LogP contribution in [0.2, 0.25) is 0 Å². The molecule has 0 aromatic carbocycles. The van der Waals surface area contributed by atoms with Crippen LogP contribution in [-0.2, 0) is 65.4 Å². The summed E-state index contributed by atoms with van der Waals surface area (Å²) in [5.74, 6) is 0.0637. The molecular weight excluding hydrogens is 1170 g/mol. The summed E-state index contributed by atoms with van der Waals surface area (Å²) in [4.78, 5) is 72.5. The van der Waals surface area contributed by atoms with Crippen molar-refractivity contribution in [3.8, 4) is 0 Å². The van der Waals surface area contributed by atoms with Gasteiger partial charge < -0.3 is 33.8 Å². The Morgan fingerprint density at radius 1 is 0.326 bits per heavy atom. The maximum Gasteiger partial charge on any atom is 0.472 e. The molecule has 3 N–H and O–H groups in total. The standard InChI is InChI=1S/C70H136O17P2/c1-8-10-11-12-13-14-15-16-17-18-19-20-23-30-39-46-53-69(74)86-65(57-80-67(72)51-44-37-29-24-21-22-27-34-41-48-61(3)4)59-84-88(76,77)82-55-64(71)56-83-89(78,79)85-60-66(58-81-68(73)52-45-38-33-32-35-42-49-62(5)6)87-70(75)54-47-40-31-26-25-28-36-43-50-63(7)9-2/h61-66,71H,8-60H2,1-7H3,(H,76,77)(H,78,79)/t63?,64-,65-,66-/m1/s1. The van der Waals surface area contributed by atoms with Crippen molar-refractivity contribution < 1.29 is 80.2 Å². The quantitative estimate of drug-likeness (QED) is 0.0222. The third kappa shape index (κ3) is 63.2. The van der Waals surface area contributed by atoms with Crippen molar-refractivity contribution in [3.05, 3.63) is 0 Å². The van der Waals surface area contributed by atoms with Gasteiger partial charge in [-0.05, 0) is 43.4 Å². The molecule has 0 saturated heterocycles. The van der Waals surface area contributed by atoms with Crippen molar-refractivity contribution in [2.75, 3.05) is 39.6 Å². The van der Waals surface area contributed by atoms with E-state index in [9.17, 15) is 43.2 Å². The molecule has 0 aromatic rings. The van der Waals surface area contributed by atoms with E-state index in [1.807, 2.05) is 0 Å². The molecule has 528 valence electrons. The van der Waals surface area contributed by atoms with Crippen LogP contribution in [0, 0.1) is 17.8 Å². The summed E-state index contributed by atoms with van der Waals surface area (Å²) in [5, 5.41) is 10.6. The summed E-state index contributed by atoms with van der Waals surface area (Å²) in [6.07, 6.45) is 44.5. The van der Waals surface area contributed by atoms with Gasteiger partial charge >= 0.3 is 39.5 Å². The molecule has 0 spiro atoms. The highest BCUT2D eigenvalue weighted by Crippen LogP contribution is 2.45. The molecule has 0 radical (unpaired) electrons. The molecule has 19 heteroatoms. The minimum atomic E-state index is -4.95. The fourth-order valence-electron chi connectivity index (χ4n) is 10.5. The van der Waals surface area contributed by atoms with Gasteiger partial charge in [-0.3, -0.25) is 37.3 Å². The Hall–Kier alpha value is -1.94. The normalized spacial score (nSPS) is 14.5. The zero-order chi connectivity index (χ0) is 65.9. The maximum absolute atomic E-state index is 13.0. The highest BCUT2D eigenvalue weighted by molar-refractivity contribution is 7.47. The average Bonchev–Trinajstić information content (AvgIpc) is 3.65. The third-order valence-electron chi connectivity index (χ3n) is 16.5. The van der Waals surface area contributed by atoms with Crippen LogP contribution in [0.4, 0.5) is 0 Å². The predicted molar refractivity (Wildman–Crippen MR) is 358 cm³/mol. The average molecular weight is 1310 g/mol. The van der Waals surface area contributed by atoms with Crippen molar-refractivity contribution in [1.82, 2.24) is 0 Å². The number of hydrogen-bond donors (Lipinski definition) is 3. The van der Waals surface area contributed by atoms with Crippen molar-refractivity contribution in [2.45, 2.75) is 369 Å². The van der Waals surface area contributed by atoms with Crippen LogP contribution in [0.1, 0.15) is 350 Å². The summed E-state index contributed by atoms with van der Waals surface area (Å²) in [7, 11) is -9.90. The van der Waals surface area contributed by atoms with Crippen LogP contribution >= 0.6 is 15.6 Å². The summed E-state index contributed by atoms with van der Waals surface area (Å²) in [6, 6.07) is 0. The number of unbranched alkanes of at least 4 members (excludes halogenated alkanes) is 35. The first-order valence-corrected chi connectivity index (χ1v) is 39.4. The lowest BCUT2D eigenvalue weighted by Crippen LogP contribution is -2.30. The Labute approximate surface area is 543 Å². The van der Waals surface area contributed by atoms with E-state index in [0.29, 0.717) is 31.6 Å². The van der Waals surface area contributed by atoms with Crippen molar-refractivity contribution >= 4 is 39.5 Å². The first-order valence-electron chi connectivity index (χ1n) is 36.4. The van der Waals surface area contributed by atoms with Gasteiger partial charge in [0.1, 0.15) is 19.3 Å². The molecule has 17 nitrogen and oxygen atoms in total. The van der Waals surface area contributed by atoms with Crippen LogP contribution in [0.5, 0.6) is 0 Å². The lowest BCUT2D eigenvalue weighted by atomic mass is 9.99. The molecule has 0 aromatic heterocycles. The number of phosphoric ester groups is 2. The number of aliphatic hydroxyl groups excluding tert-OH is 1. The Morgan fingerprint density at radius 2 is 0.573 bits per heavy atom. The van der Waals surface area contributed by atoms with E-state index >= 15 is 0 Å². The Kier molecular flexibility index (Phi) is 59.6. The first-order chi connectivity index (χ1) is 42.8. The van der Waals surface area contributed by atoms with Gasteiger partial charge in [-0.1, -0.05) is 299 Å². The van der Waals surface area contributed by atoms with Crippen LogP contribution in [0.25, 0.3) is 0 Å². The molecule has 0 rings (SSSR count). The van der Waals surface area contributed by atoms with Gasteiger partial charge in [0.05, 0.1) is 26.4 Å². The van der Waals surface area contributed by atoms with Gasteiger partial charge in [0.15, 0.2) is 12.2 Å². The molecule has 0 aliphatic carbocycles. The molecule has 6 atom stereocenters. The maximum atomic E-state index is 13.0. The van der Waals surface area contributed by atoms with Gasteiger partial charge in [0.25, 0.3) is 0 Å². The topological polar surface area (TPSA) is 237 Å². The number of rotatable bonds is 68. The van der Waals surface area contributed by atoms with Gasteiger partial charge in [-0.25, -0.2) is 9.13 Å². The molecular formula is C70H136O17P2. The molecule has 89 heavy (non-hydrogen) atoms. The second-order valence-corrected chi connectivity index (χ2v) is 29.4. The van der Waals surface area contributed by atoms with Gasteiger partial charge in [-0.2, -0.15) is 0 Å². The van der Waals surface area contributed by atoms with E-state index in [2.05, 4.69) is 48.5 Å². The number of hydrogen-bond acceptors (Lipinski definition) is 15. The van der Waals surface area contributed by atoms with Crippen LogP contribution < -0.4 is 0 Å². The Balaban J connectivity index is 5.25. The van der Waals surface area contributed by atoms with Crippen molar-refractivity contribution in [1.29, 1.82) is 0 Å². The molecule has 0 aliphatic heterocycles. The zero-order valence-corrected chi connectivity index (χ0v) is 59.7. The van der Waals surface area contributed by atoms with E-state index in [1.54, 1.807) is 0 Å². The SMILES string of the molecule is CCCCCCCCCCCCCCCCCCC(=O)O[C@H](COC(=O)CCCCCCCCCCCC(C)C)COP(=O)(O)OC[C@@H](O)COP(=O)(O)OC[C@@H](COC(=O)CCCCCCCCC(C)C)OC(=O)CCCCCCCCCCC(C)CC. The number of ether oxygens (including phenoxy) is 4. The number of esters is 4. The van der Waals surface area contributed by atoms with Crippen molar-refractivity contribution in [3.63, 3.8) is 0 Å². The van der Waals surface area contributed by atoms with E-state index in [-0.39, 0.29) is 25.7 Å². The Bertz CT molecular complexity index is 1750. The van der Waals surface area contributed by atoms with Crippen molar-refractivity contribution in [2.24, 2.45) is 17.8 Å². The summed E-state index contributed by atoms with van der Waals surface area (Å²) in [6.45, 7) is 11.7. The predicted octanol–water partition coefficient (Wildman–Crippen LogP) is 19.8. The van der Waals surface area contributed by atoms with Gasteiger partial charge in [-0.15, -0.1) is 0 Å². The number of carbonyl (C=O) groups is 4. The van der Waals surface area contributed by atoms with Crippen LogP contribution in [0.15, 0.2) is 0 Å². The van der Waals surface area contributed by atoms with Crippen LogP contribution in [-0.4, -0.2) is 96.7 Å². The smallest absolute Gasteiger partial charge is 0.462 e. The minimum absolute atomic E-state index is 0.104. The lowest BCUT2D eigenvalue weighted by Gasteiger charge is -2.21. The van der Waals surface area contributed by atoms with Crippen LogP contribution in [0.3, 0.4) is 0 Å². The minimum Gasteiger partial charge on any atom is -0.462 e. The monoisotopic (exact) mass is 1310 g/mol. The molecule has 0 aliphatic rings. The first kappa shape index (κ1) is 87.1. The molecule has 0 bridgehead atoms. The number of carbonyl (C=O) groups excluding carboxylic acids is 4. The fourth-order valence-corrected chi connectivity index (χ4v) is 12.1. The van der Waals surface area contributed by atoms with Gasteiger partial charge in [0, 0.05) is 25.7 Å². The van der Waals surface area contributed by atoms with E-state index in [1.165, 1.54) is 154 Å². The lowest BCUT2D eigenvalue weighted by molar-refractivity contribution is -0.161. The molecule has 0 saturated carbocycles. The molecule has 0 amide bonds. The Morgan fingerprint density at radius 3 is 0.854 bits per heavy atom. The van der Waals surface area contributed by atoms with E-state index in [0.717, 1.165) is 108 Å². The largest absolute Gasteiger partial charge is 0.472 e. The van der Waals surface area contributed by atoms with E-state index < -0.39 is 97.5 Å².